The quantitative estimate of drug-likeness (QED) is 0.164. The van der Waals surface area contributed by atoms with Crippen LogP contribution in [0.2, 0.25) is 0 Å². The van der Waals surface area contributed by atoms with Gasteiger partial charge in [-0.1, -0.05) is 158 Å². The van der Waals surface area contributed by atoms with Gasteiger partial charge in [-0.2, -0.15) is 0 Å². The molecule has 0 radical (unpaired) electrons. The highest BCUT2D eigenvalue weighted by Gasteiger charge is 2.22. The van der Waals surface area contributed by atoms with Crippen molar-refractivity contribution in [2.45, 2.75) is 0 Å². The van der Waals surface area contributed by atoms with Crippen molar-refractivity contribution in [2.24, 2.45) is 0 Å². The van der Waals surface area contributed by atoms with Gasteiger partial charge in [-0.25, -0.2) is 0 Å². The van der Waals surface area contributed by atoms with Gasteiger partial charge in [0.15, 0.2) is 5.58 Å². The largest absolute Gasteiger partial charge is 0.456 e. The third-order valence-corrected chi connectivity index (χ3v) is 11.1. The van der Waals surface area contributed by atoms with E-state index >= 15 is 0 Å². The average Bonchev–Trinajstić information content (AvgIpc) is 3.87. The number of hydrogen-bond acceptors (Lipinski definition) is 3. The van der Waals surface area contributed by atoms with Gasteiger partial charge in [0.1, 0.15) is 16.7 Å². The van der Waals surface area contributed by atoms with E-state index in [-0.39, 0.29) is 0 Å². The predicted octanol–water partition coefficient (Wildman–Crippen LogP) is 15.6. The molecule has 268 valence electrons. The van der Waals surface area contributed by atoms with Gasteiger partial charge in [0.25, 0.3) is 0 Å². The molecule has 0 amide bonds. The fraction of sp³-hybridized carbons (Fsp3) is 0. The third-order valence-electron chi connectivity index (χ3n) is 11.1. The van der Waals surface area contributed by atoms with Crippen LogP contribution in [-0.2, 0) is 0 Å². The molecule has 0 spiro atoms. The lowest BCUT2D eigenvalue weighted by molar-refractivity contribution is 0.668. The van der Waals surface area contributed by atoms with Crippen LogP contribution in [0.25, 0.3) is 88.4 Å². The second-order valence-corrected chi connectivity index (χ2v) is 14.5. The van der Waals surface area contributed by atoms with E-state index in [2.05, 4.69) is 199 Å². The molecule has 0 fully saturated rings. The Labute approximate surface area is 330 Å². The molecule has 2 aromatic heterocycles. The van der Waals surface area contributed by atoms with Gasteiger partial charge in [0.05, 0.1) is 5.69 Å². The summed E-state index contributed by atoms with van der Waals surface area (Å²) in [6, 6.07) is 75.1. The van der Waals surface area contributed by atoms with Gasteiger partial charge < -0.3 is 13.7 Å². The molecule has 0 unspecified atom stereocenters. The highest BCUT2D eigenvalue weighted by Crippen LogP contribution is 2.46. The van der Waals surface area contributed by atoms with Crippen molar-refractivity contribution >= 4 is 60.9 Å². The van der Waals surface area contributed by atoms with Crippen LogP contribution in [0.5, 0.6) is 0 Å². The number of fused-ring (bicyclic) bond motifs is 6. The maximum atomic E-state index is 6.82. The molecule has 0 bridgehead atoms. The maximum Gasteiger partial charge on any atom is 0.160 e. The molecule has 0 saturated carbocycles. The number of benzene rings is 9. The lowest BCUT2D eigenvalue weighted by Gasteiger charge is -2.26. The Morgan fingerprint density at radius 2 is 0.754 bits per heavy atom. The Hall–Kier alpha value is -7.62. The summed E-state index contributed by atoms with van der Waals surface area (Å²) >= 11 is 0. The molecule has 2 heterocycles. The van der Waals surface area contributed by atoms with Crippen LogP contribution in [0.1, 0.15) is 0 Å². The van der Waals surface area contributed by atoms with Gasteiger partial charge >= 0.3 is 0 Å². The summed E-state index contributed by atoms with van der Waals surface area (Å²) in [6.45, 7) is 0. The molecule has 3 heteroatoms. The molecule has 0 aliphatic heterocycles. The van der Waals surface area contributed by atoms with Crippen molar-refractivity contribution in [2.75, 3.05) is 4.90 Å². The van der Waals surface area contributed by atoms with E-state index in [1.807, 2.05) is 18.2 Å². The molecule has 0 saturated heterocycles. The van der Waals surface area contributed by atoms with Crippen LogP contribution < -0.4 is 4.90 Å². The maximum absolute atomic E-state index is 6.82. The zero-order chi connectivity index (χ0) is 37.7. The fourth-order valence-electron chi connectivity index (χ4n) is 8.27. The first kappa shape index (κ1) is 32.8. The van der Waals surface area contributed by atoms with E-state index in [9.17, 15) is 0 Å². The lowest BCUT2D eigenvalue weighted by atomic mass is 9.97. The lowest BCUT2D eigenvalue weighted by Crippen LogP contribution is -2.10. The number of nitrogens with zero attached hydrogens (tertiary/aromatic N) is 1. The number of anilines is 3. The third kappa shape index (κ3) is 5.76. The van der Waals surface area contributed by atoms with E-state index in [4.69, 9.17) is 8.83 Å². The minimum atomic E-state index is 0.847. The smallest absolute Gasteiger partial charge is 0.160 e. The number of para-hydroxylation sites is 2. The Kier molecular flexibility index (Phi) is 7.82. The molecular formula is C54H35NO2. The molecule has 0 aliphatic carbocycles. The van der Waals surface area contributed by atoms with Gasteiger partial charge in [0, 0.05) is 32.9 Å². The van der Waals surface area contributed by atoms with E-state index in [1.54, 1.807) is 0 Å². The van der Waals surface area contributed by atoms with Gasteiger partial charge in [0.2, 0.25) is 0 Å². The molecule has 3 nitrogen and oxygen atoms in total. The van der Waals surface area contributed by atoms with Crippen molar-refractivity contribution in [1.29, 1.82) is 0 Å². The fourth-order valence-corrected chi connectivity index (χ4v) is 8.27. The number of hydrogen-bond donors (Lipinski definition) is 0. The van der Waals surface area contributed by atoms with E-state index in [0.717, 1.165) is 88.8 Å². The van der Waals surface area contributed by atoms with E-state index in [0.29, 0.717) is 0 Å². The molecule has 0 N–H and O–H groups in total. The first-order valence-corrected chi connectivity index (χ1v) is 19.3. The monoisotopic (exact) mass is 729 g/mol. The molecule has 11 rings (SSSR count). The SMILES string of the molecule is c1ccc(-c2ccc(-c3ccc(N(c4ccc(-c5ccc6oc7ccccc7c6c5)cc4)c4ccc(-c5ccccc5)c5c4oc4ccccc45)cc3)cc2)cc1. The molecule has 57 heavy (non-hydrogen) atoms. The number of rotatable bonds is 7. The highest BCUT2D eigenvalue weighted by molar-refractivity contribution is 6.17. The standard InChI is InChI=1S/C54H35NO2/c1-3-11-36(12-4-1)37-19-21-38(22-20-37)39-23-28-43(29-24-39)55(44-30-25-40(26-31-44)42-27-34-52-48(35-42)46-15-7-9-17-50(46)56-52)49-33-32-45(41-13-5-2-6-14-41)53-47-16-8-10-18-51(47)57-54(49)53/h1-35H. The Morgan fingerprint density at radius 1 is 0.298 bits per heavy atom. The molecular weight excluding hydrogens is 695 g/mol. The van der Waals surface area contributed by atoms with Crippen LogP contribution in [0.3, 0.4) is 0 Å². The van der Waals surface area contributed by atoms with Crippen LogP contribution in [0, 0.1) is 0 Å². The average molecular weight is 730 g/mol. The van der Waals surface area contributed by atoms with Crippen LogP contribution in [-0.4, -0.2) is 0 Å². The van der Waals surface area contributed by atoms with Crippen LogP contribution >= 0.6 is 0 Å². The molecule has 9 aromatic carbocycles. The van der Waals surface area contributed by atoms with Crippen molar-refractivity contribution in [3.05, 3.63) is 212 Å². The Balaban J connectivity index is 1.04. The van der Waals surface area contributed by atoms with Gasteiger partial charge in [-0.05, 0) is 99.1 Å². The summed E-state index contributed by atoms with van der Waals surface area (Å²) in [4.78, 5) is 2.32. The van der Waals surface area contributed by atoms with Crippen molar-refractivity contribution in [1.82, 2.24) is 0 Å². The number of furan rings is 2. The second kappa shape index (κ2) is 13.6. The first-order valence-electron chi connectivity index (χ1n) is 19.3. The van der Waals surface area contributed by atoms with Crippen molar-refractivity contribution < 1.29 is 8.83 Å². The summed E-state index contributed by atoms with van der Waals surface area (Å²) < 4.78 is 13.0. The summed E-state index contributed by atoms with van der Waals surface area (Å²) in [5.41, 5.74) is 15.9. The zero-order valence-electron chi connectivity index (χ0n) is 31.0. The Morgan fingerprint density at radius 3 is 1.39 bits per heavy atom. The Bertz CT molecular complexity index is 3200. The highest BCUT2D eigenvalue weighted by atomic mass is 16.3. The normalized spacial score (nSPS) is 11.5. The van der Waals surface area contributed by atoms with Crippen molar-refractivity contribution in [3.8, 4) is 44.5 Å². The summed E-state index contributed by atoms with van der Waals surface area (Å²) in [6.07, 6.45) is 0. The van der Waals surface area contributed by atoms with Gasteiger partial charge in [-0.15, -0.1) is 0 Å². The summed E-state index contributed by atoms with van der Waals surface area (Å²) in [7, 11) is 0. The topological polar surface area (TPSA) is 29.5 Å². The predicted molar refractivity (Wildman–Crippen MR) is 237 cm³/mol. The van der Waals surface area contributed by atoms with E-state index < -0.39 is 0 Å². The van der Waals surface area contributed by atoms with E-state index in [1.165, 1.54) is 16.7 Å². The van der Waals surface area contributed by atoms with Crippen LogP contribution in [0.15, 0.2) is 221 Å². The van der Waals surface area contributed by atoms with Crippen molar-refractivity contribution in [3.63, 3.8) is 0 Å². The first-order chi connectivity index (χ1) is 28.2. The zero-order valence-corrected chi connectivity index (χ0v) is 31.0. The minimum Gasteiger partial charge on any atom is -0.456 e. The molecule has 0 aliphatic rings. The summed E-state index contributed by atoms with van der Waals surface area (Å²) in [5, 5.41) is 4.45. The van der Waals surface area contributed by atoms with Gasteiger partial charge in [-0.3, -0.25) is 0 Å². The molecule has 0 atom stereocenters. The van der Waals surface area contributed by atoms with Crippen LogP contribution in [0.4, 0.5) is 17.1 Å². The second-order valence-electron chi connectivity index (χ2n) is 14.5. The summed E-state index contributed by atoms with van der Waals surface area (Å²) in [5.74, 6) is 0. The minimum absolute atomic E-state index is 0.847. The molecule has 11 aromatic rings.